The highest BCUT2D eigenvalue weighted by Gasteiger charge is 2.24. The van der Waals surface area contributed by atoms with Gasteiger partial charge in [-0.25, -0.2) is 0 Å². The van der Waals surface area contributed by atoms with Gasteiger partial charge in [-0.2, -0.15) is 0 Å². The Morgan fingerprint density at radius 1 is 1.00 bits per heavy atom. The van der Waals surface area contributed by atoms with E-state index in [1.54, 1.807) is 0 Å². The van der Waals surface area contributed by atoms with Gasteiger partial charge in [0.05, 0.1) is 12.2 Å². The van der Waals surface area contributed by atoms with E-state index in [2.05, 4.69) is 24.1 Å². The minimum absolute atomic E-state index is 0.525. The van der Waals surface area contributed by atoms with Gasteiger partial charge >= 0.3 is 0 Å². The van der Waals surface area contributed by atoms with Gasteiger partial charge < -0.3 is 15.0 Å². The topological polar surface area (TPSA) is 24.5 Å². The Bertz CT molecular complexity index is 194. The van der Waals surface area contributed by atoms with Crippen LogP contribution in [0.15, 0.2) is 0 Å². The second kappa shape index (κ2) is 5.99. The summed E-state index contributed by atoms with van der Waals surface area (Å²) in [7, 11) is 0. The molecular weight excluding hydrogens is 200 g/mol. The second-order valence-corrected chi connectivity index (χ2v) is 5.41. The van der Waals surface area contributed by atoms with Gasteiger partial charge in [-0.05, 0) is 52.6 Å². The molecule has 2 aliphatic heterocycles. The molecule has 2 aliphatic rings. The maximum absolute atomic E-state index is 6.19. The SMILES string of the molecule is CC(C)N1CCC(OC2CCNCC2)CC1. The fraction of sp³-hybridized carbons (Fsp3) is 1.00. The molecule has 0 unspecified atom stereocenters. The molecule has 1 N–H and O–H groups in total. The lowest BCUT2D eigenvalue weighted by Gasteiger charge is -2.36. The summed E-state index contributed by atoms with van der Waals surface area (Å²) in [5, 5.41) is 3.39. The van der Waals surface area contributed by atoms with Gasteiger partial charge in [0.2, 0.25) is 0 Å². The molecule has 2 rings (SSSR count). The van der Waals surface area contributed by atoms with E-state index >= 15 is 0 Å². The van der Waals surface area contributed by atoms with Crippen molar-refractivity contribution in [2.75, 3.05) is 26.2 Å². The number of hydrogen-bond acceptors (Lipinski definition) is 3. The third-order valence-electron chi connectivity index (χ3n) is 3.88. The second-order valence-electron chi connectivity index (χ2n) is 5.41. The van der Waals surface area contributed by atoms with Gasteiger partial charge in [-0.15, -0.1) is 0 Å². The number of rotatable bonds is 3. The fourth-order valence-corrected chi connectivity index (χ4v) is 2.73. The Hall–Kier alpha value is -0.120. The Kier molecular flexibility index (Phi) is 4.62. The first-order chi connectivity index (χ1) is 7.75. The van der Waals surface area contributed by atoms with Crippen LogP contribution in [0.1, 0.15) is 39.5 Å². The van der Waals surface area contributed by atoms with Gasteiger partial charge in [-0.3, -0.25) is 0 Å². The number of nitrogens with one attached hydrogen (secondary N) is 1. The van der Waals surface area contributed by atoms with Crippen molar-refractivity contribution in [3.8, 4) is 0 Å². The van der Waals surface area contributed by atoms with Gasteiger partial charge in [0.15, 0.2) is 0 Å². The van der Waals surface area contributed by atoms with E-state index < -0.39 is 0 Å². The van der Waals surface area contributed by atoms with E-state index in [0.717, 1.165) is 13.1 Å². The number of likely N-dealkylation sites (tertiary alicyclic amines) is 1. The summed E-state index contributed by atoms with van der Waals surface area (Å²) in [6, 6.07) is 0.694. The standard InChI is InChI=1S/C13H26N2O/c1-11(2)15-9-5-13(6-10-15)16-12-3-7-14-8-4-12/h11-14H,3-10H2,1-2H3. The molecule has 0 aromatic carbocycles. The third-order valence-corrected chi connectivity index (χ3v) is 3.88. The number of hydrogen-bond donors (Lipinski definition) is 1. The van der Waals surface area contributed by atoms with Crippen LogP contribution >= 0.6 is 0 Å². The van der Waals surface area contributed by atoms with E-state index in [1.807, 2.05) is 0 Å². The maximum Gasteiger partial charge on any atom is 0.0603 e. The largest absolute Gasteiger partial charge is 0.375 e. The molecule has 94 valence electrons. The summed E-state index contributed by atoms with van der Waals surface area (Å²) < 4.78 is 6.19. The van der Waals surface area contributed by atoms with Crippen molar-refractivity contribution in [3.63, 3.8) is 0 Å². The van der Waals surface area contributed by atoms with Gasteiger partial charge in [0.1, 0.15) is 0 Å². The van der Waals surface area contributed by atoms with E-state index in [1.165, 1.54) is 38.8 Å². The first-order valence-electron chi connectivity index (χ1n) is 6.86. The van der Waals surface area contributed by atoms with E-state index in [9.17, 15) is 0 Å². The molecule has 0 aromatic heterocycles. The van der Waals surface area contributed by atoms with Crippen molar-refractivity contribution in [2.45, 2.75) is 57.8 Å². The molecule has 2 saturated heterocycles. The quantitative estimate of drug-likeness (QED) is 0.791. The zero-order chi connectivity index (χ0) is 11.4. The Balaban J connectivity index is 1.68. The molecule has 0 saturated carbocycles. The van der Waals surface area contributed by atoms with E-state index in [-0.39, 0.29) is 0 Å². The molecule has 0 radical (unpaired) electrons. The number of piperidine rings is 2. The van der Waals surface area contributed by atoms with Crippen molar-refractivity contribution in [1.82, 2.24) is 10.2 Å². The Morgan fingerprint density at radius 2 is 1.56 bits per heavy atom. The number of nitrogens with zero attached hydrogens (tertiary/aromatic N) is 1. The van der Waals surface area contributed by atoms with Crippen molar-refractivity contribution in [2.24, 2.45) is 0 Å². The van der Waals surface area contributed by atoms with Crippen LogP contribution in [0.25, 0.3) is 0 Å². The molecule has 2 heterocycles. The molecular formula is C13H26N2O. The normalized spacial score (nSPS) is 26.4. The molecule has 3 heteroatoms. The lowest BCUT2D eigenvalue weighted by atomic mass is 10.0. The van der Waals surface area contributed by atoms with Crippen molar-refractivity contribution in [1.29, 1.82) is 0 Å². The minimum atomic E-state index is 0.525. The third kappa shape index (κ3) is 3.44. The van der Waals surface area contributed by atoms with E-state index in [0.29, 0.717) is 18.2 Å². The van der Waals surface area contributed by atoms with Crippen molar-refractivity contribution < 1.29 is 4.74 Å². The molecule has 2 fully saturated rings. The average molecular weight is 226 g/mol. The summed E-state index contributed by atoms with van der Waals surface area (Å²) in [5.41, 5.74) is 0. The average Bonchev–Trinajstić information content (AvgIpc) is 2.31. The molecule has 0 aliphatic carbocycles. The van der Waals surface area contributed by atoms with Gasteiger partial charge in [0.25, 0.3) is 0 Å². The summed E-state index contributed by atoms with van der Waals surface area (Å²) in [4.78, 5) is 2.56. The number of ether oxygens (including phenoxy) is 1. The molecule has 16 heavy (non-hydrogen) atoms. The Labute approximate surface area is 99.5 Å². The highest BCUT2D eigenvalue weighted by atomic mass is 16.5. The maximum atomic E-state index is 6.19. The molecule has 0 bridgehead atoms. The van der Waals surface area contributed by atoms with E-state index in [4.69, 9.17) is 4.74 Å². The van der Waals surface area contributed by atoms with Crippen molar-refractivity contribution >= 4 is 0 Å². The molecule has 3 nitrogen and oxygen atoms in total. The van der Waals surface area contributed by atoms with Crippen LogP contribution in [0.2, 0.25) is 0 Å². The van der Waals surface area contributed by atoms with Gasteiger partial charge in [0, 0.05) is 19.1 Å². The predicted molar refractivity (Wildman–Crippen MR) is 66.7 cm³/mol. The fourth-order valence-electron chi connectivity index (χ4n) is 2.73. The zero-order valence-corrected chi connectivity index (χ0v) is 10.7. The zero-order valence-electron chi connectivity index (χ0n) is 10.7. The van der Waals surface area contributed by atoms with Crippen LogP contribution in [0.5, 0.6) is 0 Å². The van der Waals surface area contributed by atoms with Crippen molar-refractivity contribution in [3.05, 3.63) is 0 Å². The minimum Gasteiger partial charge on any atom is -0.375 e. The van der Waals surface area contributed by atoms with Gasteiger partial charge in [-0.1, -0.05) is 0 Å². The predicted octanol–water partition coefficient (Wildman–Crippen LogP) is 1.63. The summed E-state index contributed by atoms with van der Waals surface area (Å²) in [5.74, 6) is 0. The lowest BCUT2D eigenvalue weighted by molar-refractivity contribution is -0.0560. The van der Waals surface area contributed by atoms with Crippen LogP contribution in [0.4, 0.5) is 0 Å². The van der Waals surface area contributed by atoms with Crippen LogP contribution in [-0.4, -0.2) is 49.3 Å². The highest BCUT2D eigenvalue weighted by molar-refractivity contribution is 4.77. The van der Waals surface area contributed by atoms with Crippen LogP contribution in [-0.2, 0) is 4.74 Å². The molecule has 0 amide bonds. The van der Waals surface area contributed by atoms with Crippen LogP contribution in [0.3, 0.4) is 0 Å². The Morgan fingerprint density at radius 3 is 2.12 bits per heavy atom. The molecule has 0 spiro atoms. The summed E-state index contributed by atoms with van der Waals surface area (Å²) in [6.45, 7) is 9.27. The van der Waals surface area contributed by atoms with Crippen LogP contribution in [0, 0.1) is 0 Å². The first-order valence-corrected chi connectivity index (χ1v) is 6.86. The first kappa shape index (κ1) is 12.3. The summed E-state index contributed by atoms with van der Waals surface area (Å²) >= 11 is 0. The highest BCUT2D eigenvalue weighted by Crippen LogP contribution is 2.19. The van der Waals surface area contributed by atoms with Crippen LogP contribution < -0.4 is 5.32 Å². The monoisotopic (exact) mass is 226 g/mol. The smallest absolute Gasteiger partial charge is 0.0603 e. The summed E-state index contributed by atoms with van der Waals surface area (Å²) in [6.07, 6.45) is 5.90. The molecule has 0 atom stereocenters. The lowest BCUT2D eigenvalue weighted by Crippen LogP contribution is -2.43. The molecule has 0 aromatic rings.